The van der Waals surface area contributed by atoms with Crippen molar-refractivity contribution < 1.29 is 9.53 Å². The molecule has 1 atom stereocenters. The highest BCUT2D eigenvalue weighted by Crippen LogP contribution is 2.40. The summed E-state index contributed by atoms with van der Waals surface area (Å²) in [6, 6.07) is 8.09. The molecule has 1 spiro atoms. The van der Waals surface area contributed by atoms with Gasteiger partial charge in [-0.25, -0.2) is 9.97 Å². The SMILES string of the molecule is Cl.Cl.Nc1ncc2c(n1)C1(CCN(C(=O)c3ccccc3CC3CCNC3)CC1)OCC2. The van der Waals surface area contributed by atoms with Crippen LogP contribution in [0.3, 0.4) is 0 Å². The summed E-state index contributed by atoms with van der Waals surface area (Å²) >= 11 is 0. The Balaban J connectivity index is 0.00000144. The van der Waals surface area contributed by atoms with E-state index in [9.17, 15) is 4.79 Å². The minimum atomic E-state index is -0.448. The van der Waals surface area contributed by atoms with Gasteiger partial charge in [0.2, 0.25) is 5.95 Å². The molecule has 0 aliphatic carbocycles. The first-order chi connectivity index (χ1) is 14.6. The first-order valence-corrected chi connectivity index (χ1v) is 11.0. The molecule has 0 bridgehead atoms. The molecule has 174 valence electrons. The van der Waals surface area contributed by atoms with E-state index in [0.717, 1.165) is 61.2 Å². The molecule has 9 heteroatoms. The highest BCUT2D eigenvalue weighted by molar-refractivity contribution is 5.95. The second-order valence-corrected chi connectivity index (χ2v) is 8.71. The quantitative estimate of drug-likeness (QED) is 0.702. The predicted molar refractivity (Wildman–Crippen MR) is 129 cm³/mol. The topological polar surface area (TPSA) is 93.4 Å². The lowest BCUT2D eigenvalue weighted by atomic mass is 9.83. The number of nitrogens with one attached hydrogen (secondary N) is 1. The van der Waals surface area contributed by atoms with Gasteiger partial charge in [0.05, 0.1) is 12.3 Å². The number of fused-ring (bicyclic) bond motifs is 2. The van der Waals surface area contributed by atoms with Crippen LogP contribution in [-0.4, -0.2) is 53.6 Å². The number of rotatable bonds is 3. The third-order valence-corrected chi connectivity index (χ3v) is 6.84. The Labute approximate surface area is 201 Å². The molecule has 3 aliphatic rings. The van der Waals surface area contributed by atoms with Gasteiger partial charge in [0.1, 0.15) is 5.60 Å². The van der Waals surface area contributed by atoms with E-state index < -0.39 is 5.60 Å². The van der Waals surface area contributed by atoms with Crippen molar-refractivity contribution in [1.29, 1.82) is 0 Å². The van der Waals surface area contributed by atoms with Crippen LogP contribution in [-0.2, 0) is 23.2 Å². The van der Waals surface area contributed by atoms with E-state index in [4.69, 9.17) is 10.5 Å². The number of halogens is 2. The molecule has 3 N–H and O–H groups in total. The van der Waals surface area contributed by atoms with Crippen molar-refractivity contribution in [2.75, 3.05) is 38.5 Å². The summed E-state index contributed by atoms with van der Waals surface area (Å²) in [6.45, 7) is 4.08. The Bertz CT molecular complexity index is 944. The number of ether oxygens (including phenoxy) is 1. The van der Waals surface area contributed by atoms with Gasteiger partial charge < -0.3 is 20.7 Å². The number of benzene rings is 1. The molecule has 0 radical (unpaired) electrons. The molecule has 0 saturated carbocycles. The van der Waals surface area contributed by atoms with Crippen LogP contribution >= 0.6 is 24.8 Å². The number of piperidine rings is 1. The van der Waals surface area contributed by atoms with E-state index in [-0.39, 0.29) is 36.7 Å². The largest absolute Gasteiger partial charge is 0.368 e. The fourth-order valence-corrected chi connectivity index (χ4v) is 5.15. The number of carbonyl (C=O) groups is 1. The van der Waals surface area contributed by atoms with Gasteiger partial charge in [0.25, 0.3) is 5.91 Å². The number of nitrogens with zero attached hydrogens (tertiary/aromatic N) is 3. The van der Waals surface area contributed by atoms with Gasteiger partial charge in [-0.2, -0.15) is 0 Å². The molecule has 5 rings (SSSR count). The van der Waals surface area contributed by atoms with E-state index in [1.54, 1.807) is 0 Å². The number of nitrogen functional groups attached to an aromatic ring is 1. The van der Waals surface area contributed by atoms with Crippen molar-refractivity contribution in [2.45, 2.75) is 37.7 Å². The van der Waals surface area contributed by atoms with E-state index in [1.165, 1.54) is 6.42 Å². The van der Waals surface area contributed by atoms with Crippen LogP contribution in [0.2, 0.25) is 0 Å². The Kier molecular flexibility index (Phi) is 7.98. The summed E-state index contributed by atoms with van der Waals surface area (Å²) in [5.74, 6) is 1.03. The van der Waals surface area contributed by atoms with E-state index in [0.29, 0.717) is 25.6 Å². The van der Waals surface area contributed by atoms with Crippen molar-refractivity contribution >= 4 is 36.7 Å². The molecule has 1 amide bonds. The monoisotopic (exact) mass is 479 g/mol. The smallest absolute Gasteiger partial charge is 0.254 e. The molecule has 32 heavy (non-hydrogen) atoms. The molecule has 1 aromatic carbocycles. The first kappa shape index (κ1) is 24.7. The molecule has 7 nitrogen and oxygen atoms in total. The molecular weight excluding hydrogens is 449 g/mol. The van der Waals surface area contributed by atoms with Crippen molar-refractivity contribution in [3.05, 3.63) is 52.8 Å². The second-order valence-electron chi connectivity index (χ2n) is 8.71. The number of likely N-dealkylation sites (tertiary alicyclic amines) is 1. The van der Waals surface area contributed by atoms with E-state index >= 15 is 0 Å². The first-order valence-electron chi connectivity index (χ1n) is 11.0. The molecule has 3 aliphatic heterocycles. The van der Waals surface area contributed by atoms with Crippen LogP contribution in [0, 0.1) is 5.92 Å². The Morgan fingerprint density at radius 2 is 2.03 bits per heavy atom. The molecule has 4 heterocycles. The summed E-state index contributed by atoms with van der Waals surface area (Å²) in [5.41, 5.74) is 9.46. The number of carbonyl (C=O) groups excluding carboxylic acids is 1. The normalized spacial score (nSPS) is 21.4. The minimum absolute atomic E-state index is 0. The highest BCUT2D eigenvalue weighted by Gasteiger charge is 2.43. The highest BCUT2D eigenvalue weighted by atomic mass is 35.5. The summed E-state index contributed by atoms with van der Waals surface area (Å²) < 4.78 is 6.24. The number of anilines is 1. The average molecular weight is 480 g/mol. The van der Waals surface area contributed by atoms with Crippen molar-refractivity contribution in [2.24, 2.45) is 5.92 Å². The molecular formula is C23H31Cl2N5O2. The zero-order valence-corrected chi connectivity index (χ0v) is 19.7. The summed E-state index contributed by atoms with van der Waals surface area (Å²) in [6.07, 6.45) is 6.24. The third kappa shape index (κ3) is 4.71. The van der Waals surface area contributed by atoms with Gasteiger partial charge >= 0.3 is 0 Å². The Morgan fingerprint density at radius 3 is 2.78 bits per heavy atom. The number of hydrogen-bond donors (Lipinski definition) is 2. The van der Waals surface area contributed by atoms with E-state index in [1.807, 2.05) is 29.3 Å². The number of nitrogens with two attached hydrogens (primary N) is 1. The van der Waals surface area contributed by atoms with Crippen LogP contribution in [0.15, 0.2) is 30.5 Å². The van der Waals surface area contributed by atoms with Crippen molar-refractivity contribution in [3.8, 4) is 0 Å². The number of aromatic nitrogens is 2. The summed E-state index contributed by atoms with van der Waals surface area (Å²) in [7, 11) is 0. The van der Waals surface area contributed by atoms with Gasteiger partial charge in [-0.1, -0.05) is 18.2 Å². The lowest BCUT2D eigenvalue weighted by Crippen LogP contribution is -2.49. The molecule has 2 aromatic rings. The molecule has 1 aromatic heterocycles. The Hall–Kier alpha value is -1.93. The van der Waals surface area contributed by atoms with Gasteiger partial charge in [0, 0.05) is 24.8 Å². The number of hydrogen-bond acceptors (Lipinski definition) is 6. The van der Waals surface area contributed by atoms with Crippen molar-refractivity contribution in [1.82, 2.24) is 20.2 Å². The van der Waals surface area contributed by atoms with Crippen molar-refractivity contribution in [3.63, 3.8) is 0 Å². The standard InChI is InChI=1S/C23H29N5O2.2ClH/c24-22-26-15-18-6-12-30-23(20(18)27-22)7-10-28(11-8-23)21(29)19-4-2-1-3-17(19)13-16-5-9-25-14-16;;/h1-4,15-16,25H,5-14H2,(H2,24,26,27);2*1H. The van der Waals surface area contributed by atoms with Crippen LogP contribution in [0.25, 0.3) is 0 Å². The summed E-state index contributed by atoms with van der Waals surface area (Å²) in [4.78, 5) is 24.0. The van der Waals surface area contributed by atoms with Gasteiger partial charge in [0.15, 0.2) is 0 Å². The predicted octanol–water partition coefficient (Wildman–Crippen LogP) is 2.76. The zero-order chi connectivity index (χ0) is 20.6. The van der Waals surface area contributed by atoms with Crippen LogP contribution in [0.1, 0.15) is 46.4 Å². The van der Waals surface area contributed by atoms with Crippen LogP contribution in [0.5, 0.6) is 0 Å². The third-order valence-electron chi connectivity index (χ3n) is 6.84. The lowest BCUT2D eigenvalue weighted by molar-refractivity contribution is -0.0966. The Morgan fingerprint density at radius 1 is 1.25 bits per heavy atom. The minimum Gasteiger partial charge on any atom is -0.368 e. The second kappa shape index (κ2) is 10.3. The lowest BCUT2D eigenvalue weighted by Gasteiger charge is -2.44. The maximum atomic E-state index is 13.4. The number of amides is 1. The van der Waals surface area contributed by atoms with Crippen LogP contribution < -0.4 is 11.1 Å². The summed E-state index contributed by atoms with van der Waals surface area (Å²) in [5, 5.41) is 3.42. The van der Waals surface area contributed by atoms with E-state index in [2.05, 4.69) is 21.4 Å². The van der Waals surface area contributed by atoms with Gasteiger partial charge in [-0.3, -0.25) is 4.79 Å². The average Bonchev–Trinajstić information content (AvgIpc) is 3.28. The van der Waals surface area contributed by atoms with Gasteiger partial charge in [-0.15, -0.1) is 24.8 Å². The fourth-order valence-electron chi connectivity index (χ4n) is 5.15. The molecule has 2 fully saturated rings. The van der Waals surface area contributed by atoms with Crippen LogP contribution in [0.4, 0.5) is 5.95 Å². The maximum absolute atomic E-state index is 13.4. The molecule has 2 saturated heterocycles. The maximum Gasteiger partial charge on any atom is 0.254 e. The fraction of sp³-hybridized carbons (Fsp3) is 0.522. The van der Waals surface area contributed by atoms with Gasteiger partial charge in [-0.05, 0) is 68.3 Å². The zero-order valence-electron chi connectivity index (χ0n) is 18.1. The molecule has 1 unspecified atom stereocenters.